The maximum Gasteiger partial charge on any atom is 0.147 e. The highest BCUT2D eigenvalue weighted by atomic mass is 79.9. The van der Waals surface area contributed by atoms with Crippen LogP contribution >= 0.6 is 15.9 Å². The molecule has 0 aliphatic heterocycles. The summed E-state index contributed by atoms with van der Waals surface area (Å²) in [5.74, 6) is 1.69. The van der Waals surface area contributed by atoms with E-state index in [0.717, 1.165) is 21.1 Å². The Hall–Kier alpha value is -0.830. The smallest absolute Gasteiger partial charge is 0.147 e. The summed E-state index contributed by atoms with van der Waals surface area (Å²) in [5, 5.41) is 5.19. The molecule has 0 bridgehead atoms. The summed E-state index contributed by atoms with van der Waals surface area (Å²) in [6.07, 6.45) is 2.49. The molecule has 1 aliphatic rings. The fourth-order valence-corrected chi connectivity index (χ4v) is 1.93. The summed E-state index contributed by atoms with van der Waals surface area (Å²) in [4.78, 5) is 0. The third-order valence-corrected chi connectivity index (χ3v) is 2.91. The fourth-order valence-electron chi connectivity index (χ4n) is 1.57. The zero-order valence-electron chi connectivity index (χ0n) is 6.96. The molecule has 0 amide bonds. The molecule has 0 atom stereocenters. The van der Waals surface area contributed by atoms with E-state index in [1.807, 2.05) is 12.1 Å². The Morgan fingerprint density at radius 3 is 3.00 bits per heavy atom. The zero-order valence-corrected chi connectivity index (χ0v) is 8.54. The van der Waals surface area contributed by atoms with E-state index in [2.05, 4.69) is 27.2 Å². The maximum absolute atomic E-state index is 5.32. The number of benzene rings is 1. The van der Waals surface area contributed by atoms with Gasteiger partial charge in [0.25, 0.3) is 0 Å². The molecule has 1 saturated carbocycles. The van der Waals surface area contributed by atoms with Crippen molar-refractivity contribution in [2.75, 3.05) is 0 Å². The number of aromatic nitrogens is 1. The van der Waals surface area contributed by atoms with Crippen LogP contribution in [0.5, 0.6) is 0 Å². The van der Waals surface area contributed by atoms with Gasteiger partial charge in [-0.1, -0.05) is 21.1 Å². The normalized spacial score (nSPS) is 16.7. The van der Waals surface area contributed by atoms with E-state index in [9.17, 15) is 0 Å². The Labute approximate surface area is 84.0 Å². The third kappa shape index (κ3) is 1.18. The molecule has 2 nitrogen and oxygen atoms in total. The lowest BCUT2D eigenvalue weighted by molar-refractivity contribution is 0.392. The van der Waals surface area contributed by atoms with E-state index in [1.54, 1.807) is 0 Å². The summed E-state index contributed by atoms with van der Waals surface area (Å²) in [5.41, 5.74) is 0.963. The van der Waals surface area contributed by atoms with Gasteiger partial charge in [0.2, 0.25) is 0 Å². The lowest BCUT2D eigenvalue weighted by Crippen LogP contribution is -1.74. The fraction of sp³-hybridized carbons (Fsp3) is 0.300. The van der Waals surface area contributed by atoms with E-state index in [1.165, 1.54) is 12.8 Å². The maximum atomic E-state index is 5.32. The second kappa shape index (κ2) is 2.58. The van der Waals surface area contributed by atoms with Gasteiger partial charge in [0.15, 0.2) is 0 Å². The van der Waals surface area contributed by atoms with Crippen LogP contribution in [-0.4, -0.2) is 5.16 Å². The summed E-state index contributed by atoms with van der Waals surface area (Å²) < 4.78 is 6.41. The molecule has 0 unspecified atom stereocenters. The van der Waals surface area contributed by atoms with E-state index < -0.39 is 0 Å². The van der Waals surface area contributed by atoms with Gasteiger partial charge < -0.3 is 4.52 Å². The zero-order chi connectivity index (χ0) is 8.84. The molecule has 0 spiro atoms. The van der Waals surface area contributed by atoms with Gasteiger partial charge in [-0.2, -0.15) is 0 Å². The predicted octanol–water partition coefficient (Wildman–Crippen LogP) is 3.47. The van der Waals surface area contributed by atoms with Gasteiger partial charge in [-0.15, -0.1) is 0 Å². The van der Waals surface area contributed by atoms with Crippen molar-refractivity contribution in [1.29, 1.82) is 0 Å². The van der Waals surface area contributed by atoms with Crippen molar-refractivity contribution in [2.24, 2.45) is 0 Å². The molecule has 1 heterocycles. The second-order valence-corrected chi connectivity index (χ2v) is 4.40. The van der Waals surface area contributed by atoms with Crippen LogP contribution in [0.25, 0.3) is 10.9 Å². The van der Waals surface area contributed by atoms with Crippen LogP contribution in [0, 0.1) is 0 Å². The number of hydrogen-bond donors (Lipinski definition) is 0. The Bertz CT molecular complexity index is 459. The van der Waals surface area contributed by atoms with Crippen molar-refractivity contribution in [3.05, 3.63) is 28.4 Å². The Balaban J connectivity index is 2.29. The Kier molecular flexibility index (Phi) is 1.50. The van der Waals surface area contributed by atoms with E-state index >= 15 is 0 Å². The molecule has 3 rings (SSSR count). The molecule has 3 heteroatoms. The molecule has 0 radical (unpaired) electrons. The van der Waals surface area contributed by atoms with Crippen LogP contribution in [0.4, 0.5) is 0 Å². The van der Waals surface area contributed by atoms with Crippen LogP contribution in [-0.2, 0) is 0 Å². The average Bonchev–Trinajstić information content (AvgIpc) is 2.87. The molecule has 66 valence electrons. The highest BCUT2D eigenvalue weighted by Crippen LogP contribution is 2.43. The molecule has 1 fully saturated rings. The van der Waals surface area contributed by atoms with E-state index in [-0.39, 0.29) is 0 Å². The monoisotopic (exact) mass is 237 g/mol. The minimum absolute atomic E-state index is 0.624. The first-order valence-electron chi connectivity index (χ1n) is 4.39. The van der Waals surface area contributed by atoms with Gasteiger partial charge in [-0.3, -0.25) is 0 Å². The van der Waals surface area contributed by atoms with Crippen LogP contribution in [0.15, 0.2) is 27.2 Å². The van der Waals surface area contributed by atoms with Gasteiger partial charge in [-0.25, -0.2) is 0 Å². The largest absolute Gasteiger partial charge is 0.360 e. The summed E-state index contributed by atoms with van der Waals surface area (Å²) in [6.45, 7) is 0. The topological polar surface area (TPSA) is 26.0 Å². The molecule has 0 N–H and O–H groups in total. The SMILES string of the molecule is Brc1ccc2noc(C3CC3)c2c1. The summed E-state index contributed by atoms with van der Waals surface area (Å²) in [7, 11) is 0. The molecule has 13 heavy (non-hydrogen) atoms. The standard InChI is InChI=1S/C10H8BrNO/c11-7-3-4-9-8(5-7)10(13-12-9)6-1-2-6/h3-6H,1-2H2. The highest BCUT2D eigenvalue weighted by molar-refractivity contribution is 9.10. The van der Waals surface area contributed by atoms with Crippen molar-refractivity contribution in [2.45, 2.75) is 18.8 Å². The van der Waals surface area contributed by atoms with Crippen molar-refractivity contribution in [3.8, 4) is 0 Å². The number of halogens is 1. The number of rotatable bonds is 1. The van der Waals surface area contributed by atoms with Gasteiger partial charge >= 0.3 is 0 Å². The van der Waals surface area contributed by atoms with Crippen molar-refractivity contribution >= 4 is 26.8 Å². The minimum Gasteiger partial charge on any atom is -0.360 e. The molecule has 1 aliphatic carbocycles. The average molecular weight is 238 g/mol. The third-order valence-electron chi connectivity index (χ3n) is 2.41. The summed E-state index contributed by atoms with van der Waals surface area (Å²) in [6, 6.07) is 6.05. The van der Waals surface area contributed by atoms with Gasteiger partial charge in [0.1, 0.15) is 11.3 Å². The second-order valence-electron chi connectivity index (χ2n) is 3.48. The molecular weight excluding hydrogens is 230 g/mol. The van der Waals surface area contributed by atoms with E-state index in [4.69, 9.17) is 4.52 Å². The predicted molar refractivity (Wildman–Crippen MR) is 53.7 cm³/mol. The van der Waals surface area contributed by atoms with Crippen molar-refractivity contribution < 1.29 is 4.52 Å². The minimum atomic E-state index is 0.624. The van der Waals surface area contributed by atoms with Gasteiger partial charge in [0, 0.05) is 15.8 Å². The van der Waals surface area contributed by atoms with Crippen LogP contribution in [0.2, 0.25) is 0 Å². The molecule has 0 saturated heterocycles. The lowest BCUT2D eigenvalue weighted by Gasteiger charge is -1.91. The molecule has 1 aromatic carbocycles. The number of hydrogen-bond acceptors (Lipinski definition) is 2. The first-order chi connectivity index (χ1) is 6.34. The first kappa shape index (κ1) is 7.56. The van der Waals surface area contributed by atoms with E-state index in [0.29, 0.717) is 5.92 Å². The van der Waals surface area contributed by atoms with Gasteiger partial charge in [-0.05, 0) is 31.0 Å². The first-order valence-corrected chi connectivity index (χ1v) is 5.19. The number of fused-ring (bicyclic) bond motifs is 1. The Morgan fingerprint density at radius 2 is 2.23 bits per heavy atom. The number of nitrogens with zero attached hydrogens (tertiary/aromatic N) is 1. The lowest BCUT2D eigenvalue weighted by atomic mass is 10.2. The van der Waals surface area contributed by atoms with Crippen molar-refractivity contribution in [1.82, 2.24) is 5.16 Å². The van der Waals surface area contributed by atoms with Gasteiger partial charge in [0.05, 0.1) is 0 Å². The van der Waals surface area contributed by atoms with Crippen LogP contribution in [0.3, 0.4) is 0 Å². The molecule has 2 aromatic rings. The molecule has 1 aromatic heterocycles. The Morgan fingerprint density at radius 1 is 1.38 bits per heavy atom. The highest BCUT2D eigenvalue weighted by Gasteiger charge is 2.29. The summed E-state index contributed by atoms with van der Waals surface area (Å²) >= 11 is 3.45. The van der Waals surface area contributed by atoms with Crippen molar-refractivity contribution in [3.63, 3.8) is 0 Å². The van der Waals surface area contributed by atoms with Crippen LogP contribution in [0.1, 0.15) is 24.5 Å². The quantitative estimate of drug-likeness (QED) is 0.760. The molecular formula is C10H8BrNO. The van der Waals surface area contributed by atoms with Crippen LogP contribution < -0.4 is 0 Å².